The fraction of sp³-hybridized carbons (Fsp3) is 0.556. The lowest BCUT2D eigenvalue weighted by Gasteiger charge is -2.31. The van der Waals surface area contributed by atoms with Gasteiger partial charge in [0.2, 0.25) is 0 Å². The Morgan fingerprint density at radius 2 is 1.77 bits per heavy atom. The Bertz CT molecular complexity index is 992. The summed E-state index contributed by atoms with van der Waals surface area (Å²) < 4.78 is 11.8. The van der Waals surface area contributed by atoms with Crippen LogP contribution in [-0.4, -0.2) is 18.0 Å². The zero-order valence-electron chi connectivity index (χ0n) is 19.3. The normalized spacial score (nSPS) is 26.1. The standard InChI is InChI=1S/C27H34O4/c1-6-17(3)25(28)30-24-15-20-12-21(24)14-23(20)26(29)31-27(4,5)22-10-9-18-8-7-16(2)11-19(18)13-22/h7-11,13,17,20-21,23-24H,6,12,14-15H2,1-5H3. The highest BCUT2D eigenvalue weighted by Gasteiger charge is 2.51. The average molecular weight is 423 g/mol. The minimum atomic E-state index is -0.695. The number of hydrogen-bond acceptors (Lipinski definition) is 4. The molecule has 2 bridgehead atoms. The van der Waals surface area contributed by atoms with Gasteiger partial charge >= 0.3 is 11.9 Å². The van der Waals surface area contributed by atoms with Crippen molar-refractivity contribution in [3.8, 4) is 0 Å². The van der Waals surface area contributed by atoms with Crippen LogP contribution in [0.2, 0.25) is 0 Å². The number of carbonyl (C=O) groups is 2. The quantitative estimate of drug-likeness (QED) is 0.541. The maximum atomic E-state index is 13.1. The number of aryl methyl sites for hydroxylation is 1. The summed E-state index contributed by atoms with van der Waals surface area (Å²) in [5.41, 5.74) is 1.52. The zero-order chi connectivity index (χ0) is 22.3. The van der Waals surface area contributed by atoms with Crippen LogP contribution in [0.4, 0.5) is 0 Å². The number of fused-ring (bicyclic) bond motifs is 3. The third-order valence-corrected chi connectivity index (χ3v) is 7.42. The molecule has 0 spiro atoms. The number of benzene rings is 2. The second-order valence-corrected chi connectivity index (χ2v) is 10.1. The van der Waals surface area contributed by atoms with Crippen LogP contribution in [0.25, 0.3) is 10.8 Å². The Hall–Kier alpha value is -2.36. The molecular weight excluding hydrogens is 388 g/mol. The minimum absolute atomic E-state index is 0.0349. The van der Waals surface area contributed by atoms with Crippen molar-refractivity contribution in [3.63, 3.8) is 0 Å². The summed E-state index contributed by atoms with van der Waals surface area (Å²) in [6.45, 7) is 9.92. The van der Waals surface area contributed by atoms with Gasteiger partial charge in [-0.2, -0.15) is 0 Å². The number of hydrogen-bond donors (Lipinski definition) is 0. The largest absolute Gasteiger partial charge is 0.462 e. The van der Waals surface area contributed by atoms with Crippen molar-refractivity contribution < 1.29 is 19.1 Å². The first-order chi connectivity index (χ1) is 14.7. The molecule has 4 heteroatoms. The lowest BCUT2D eigenvalue weighted by Crippen LogP contribution is -2.35. The molecule has 0 aromatic heterocycles. The molecule has 0 N–H and O–H groups in total. The molecule has 5 atom stereocenters. The first-order valence-corrected chi connectivity index (χ1v) is 11.6. The fourth-order valence-electron chi connectivity index (χ4n) is 5.21. The summed E-state index contributed by atoms with van der Waals surface area (Å²) in [5.74, 6) is 0.155. The van der Waals surface area contributed by atoms with Crippen LogP contribution in [0.1, 0.15) is 64.5 Å². The summed E-state index contributed by atoms with van der Waals surface area (Å²) in [4.78, 5) is 25.3. The van der Waals surface area contributed by atoms with E-state index in [9.17, 15) is 9.59 Å². The van der Waals surface area contributed by atoms with Crippen molar-refractivity contribution in [1.29, 1.82) is 0 Å². The predicted molar refractivity (Wildman–Crippen MR) is 121 cm³/mol. The van der Waals surface area contributed by atoms with Gasteiger partial charge in [0.25, 0.3) is 0 Å². The molecule has 2 fully saturated rings. The van der Waals surface area contributed by atoms with Crippen molar-refractivity contribution in [1.82, 2.24) is 0 Å². The van der Waals surface area contributed by atoms with Gasteiger partial charge in [0.1, 0.15) is 11.7 Å². The predicted octanol–water partition coefficient (Wildman–Crippen LogP) is 5.93. The van der Waals surface area contributed by atoms with Crippen LogP contribution >= 0.6 is 0 Å². The van der Waals surface area contributed by atoms with Gasteiger partial charge < -0.3 is 9.47 Å². The molecule has 0 amide bonds. The number of rotatable bonds is 6. The van der Waals surface area contributed by atoms with E-state index in [4.69, 9.17) is 9.47 Å². The maximum absolute atomic E-state index is 13.1. The molecule has 0 heterocycles. The van der Waals surface area contributed by atoms with Crippen molar-refractivity contribution in [2.75, 3.05) is 0 Å². The van der Waals surface area contributed by atoms with Gasteiger partial charge in [-0.15, -0.1) is 0 Å². The summed E-state index contributed by atoms with van der Waals surface area (Å²) in [7, 11) is 0. The zero-order valence-corrected chi connectivity index (χ0v) is 19.3. The van der Waals surface area contributed by atoms with Gasteiger partial charge in [-0.25, -0.2) is 0 Å². The topological polar surface area (TPSA) is 52.6 Å². The van der Waals surface area contributed by atoms with E-state index in [-0.39, 0.29) is 41.7 Å². The van der Waals surface area contributed by atoms with E-state index in [1.54, 1.807) is 0 Å². The first kappa shape index (κ1) is 21.9. The Morgan fingerprint density at radius 1 is 1.03 bits per heavy atom. The highest BCUT2D eigenvalue weighted by Crippen LogP contribution is 2.50. The van der Waals surface area contributed by atoms with Gasteiger partial charge in [-0.1, -0.05) is 49.7 Å². The number of carbonyl (C=O) groups excluding carboxylic acids is 2. The van der Waals surface area contributed by atoms with E-state index in [1.165, 1.54) is 10.9 Å². The molecule has 4 nitrogen and oxygen atoms in total. The Morgan fingerprint density at radius 3 is 2.45 bits per heavy atom. The Labute approximate surface area is 185 Å². The van der Waals surface area contributed by atoms with Crippen LogP contribution in [0, 0.1) is 30.6 Å². The molecule has 31 heavy (non-hydrogen) atoms. The van der Waals surface area contributed by atoms with Crippen molar-refractivity contribution in [3.05, 3.63) is 47.5 Å². The van der Waals surface area contributed by atoms with Crippen LogP contribution in [0.5, 0.6) is 0 Å². The summed E-state index contributed by atoms with van der Waals surface area (Å²) in [6, 6.07) is 12.7. The summed E-state index contributed by atoms with van der Waals surface area (Å²) in [5, 5.41) is 2.34. The van der Waals surface area contributed by atoms with Gasteiger partial charge in [0, 0.05) is 0 Å². The number of esters is 2. The van der Waals surface area contributed by atoms with Gasteiger partial charge in [0.15, 0.2) is 0 Å². The van der Waals surface area contributed by atoms with E-state index in [1.807, 2.05) is 27.7 Å². The Kier molecular flexibility index (Phi) is 5.85. The third kappa shape index (κ3) is 4.35. The van der Waals surface area contributed by atoms with E-state index < -0.39 is 5.60 Å². The van der Waals surface area contributed by atoms with Gasteiger partial charge in [-0.05, 0) is 80.7 Å². The molecule has 2 aliphatic carbocycles. The first-order valence-electron chi connectivity index (χ1n) is 11.6. The van der Waals surface area contributed by atoms with Gasteiger partial charge in [-0.3, -0.25) is 9.59 Å². The van der Waals surface area contributed by atoms with Crippen LogP contribution in [0.3, 0.4) is 0 Å². The van der Waals surface area contributed by atoms with Crippen LogP contribution in [0.15, 0.2) is 36.4 Å². The Balaban J connectivity index is 1.40. The molecular formula is C27H34O4. The van der Waals surface area contributed by atoms with Crippen molar-refractivity contribution >= 4 is 22.7 Å². The van der Waals surface area contributed by atoms with E-state index in [2.05, 4.69) is 43.3 Å². The van der Waals surface area contributed by atoms with Gasteiger partial charge in [0.05, 0.1) is 11.8 Å². The van der Waals surface area contributed by atoms with Crippen LogP contribution in [-0.2, 0) is 24.7 Å². The molecule has 0 aliphatic heterocycles. The van der Waals surface area contributed by atoms with E-state index >= 15 is 0 Å². The molecule has 5 unspecified atom stereocenters. The number of ether oxygens (including phenoxy) is 2. The third-order valence-electron chi connectivity index (χ3n) is 7.42. The molecule has 0 saturated heterocycles. The molecule has 2 aliphatic rings. The smallest absolute Gasteiger partial charge is 0.310 e. The lowest BCUT2D eigenvalue weighted by atomic mass is 9.86. The van der Waals surface area contributed by atoms with E-state index in [0.29, 0.717) is 0 Å². The van der Waals surface area contributed by atoms with Crippen molar-refractivity contribution in [2.45, 2.75) is 72.0 Å². The highest BCUT2D eigenvalue weighted by atomic mass is 16.6. The van der Waals surface area contributed by atoms with E-state index in [0.717, 1.165) is 36.6 Å². The molecule has 0 radical (unpaired) electrons. The second-order valence-electron chi connectivity index (χ2n) is 10.1. The average Bonchev–Trinajstić information content (AvgIpc) is 3.32. The van der Waals surface area contributed by atoms with Crippen LogP contribution < -0.4 is 0 Å². The lowest BCUT2D eigenvalue weighted by molar-refractivity contribution is -0.166. The monoisotopic (exact) mass is 422 g/mol. The highest BCUT2D eigenvalue weighted by molar-refractivity contribution is 5.84. The molecule has 166 valence electrons. The molecule has 2 aromatic carbocycles. The second kappa shape index (κ2) is 8.29. The van der Waals surface area contributed by atoms with Crippen molar-refractivity contribution in [2.24, 2.45) is 23.7 Å². The maximum Gasteiger partial charge on any atom is 0.310 e. The summed E-state index contributed by atoms with van der Waals surface area (Å²) in [6.07, 6.45) is 3.25. The molecule has 2 saturated carbocycles. The molecule has 4 rings (SSSR count). The SMILES string of the molecule is CCC(C)C(=O)OC1CC2CC1CC2C(=O)OC(C)(C)c1ccc2ccc(C)cc2c1. The fourth-order valence-corrected chi connectivity index (χ4v) is 5.21. The minimum Gasteiger partial charge on any atom is -0.462 e. The summed E-state index contributed by atoms with van der Waals surface area (Å²) >= 11 is 0. The molecule has 2 aromatic rings.